The van der Waals surface area contributed by atoms with Gasteiger partial charge in [-0.3, -0.25) is 0 Å². The summed E-state index contributed by atoms with van der Waals surface area (Å²) in [4.78, 5) is 0. The number of hydrogen-bond acceptors (Lipinski definition) is 2. The van der Waals surface area contributed by atoms with E-state index in [-0.39, 0.29) is 0 Å². The maximum atomic E-state index is 3.69. The summed E-state index contributed by atoms with van der Waals surface area (Å²) in [5.74, 6) is 0.952. The van der Waals surface area contributed by atoms with Crippen LogP contribution in [0.15, 0.2) is 0 Å². The van der Waals surface area contributed by atoms with Crippen LogP contribution in [0.1, 0.15) is 66.7 Å². The van der Waals surface area contributed by atoms with Crippen molar-refractivity contribution in [1.82, 2.24) is 5.32 Å². The van der Waals surface area contributed by atoms with Crippen molar-refractivity contribution in [3.63, 3.8) is 0 Å². The molecule has 1 aliphatic carbocycles. The van der Waals surface area contributed by atoms with E-state index in [2.05, 4.69) is 51.7 Å². The quantitative estimate of drug-likeness (QED) is 0.753. The van der Waals surface area contributed by atoms with Crippen LogP contribution in [0.5, 0.6) is 0 Å². The molecule has 1 N–H and O–H groups in total. The van der Waals surface area contributed by atoms with E-state index in [0.29, 0.717) is 5.54 Å². The summed E-state index contributed by atoms with van der Waals surface area (Å²) in [6, 6.07) is 0. The lowest BCUT2D eigenvalue weighted by Gasteiger charge is -2.31. The van der Waals surface area contributed by atoms with Crippen LogP contribution in [0.3, 0.4) is 0 Å². The molecule has 1 rings (SSSR count). The Kier molecular flexibility index (Phi) is 6.36. The lowest BCUT2D eigenvalue weighted by atomic mass is 9.91. The van der Waals surface area contributed by atoms with Gasteiger partial charge in [-0.2, -0.15) is 11.8 Å². The molecule has 0 aromatic heterocycles. The van der Waals surface area contributed by atoms with Gasteiger partial charge in [-0.1, -0.05) is 33.6 Å². The fourth-order valence-corrected chi connectivity index (χ4v) is 4.00. The van der Waals surface area contributed by atoms with E-state index in [1.54, 1.807) is 0 Å². The summed E-state index contributed by atoms with van der Waals surface area (Å²) in [5, 5.41) is 5.35. The van der Waals surface area contributed by atoms with Crippen molar-refractivity contribution in [2.24, 2.45) is 5.92 Å². The van der Waals surface area contributed by atoms with Crippen LogP contribution in [-0.4, -0.2) is 22.6 Å². The van der Waals surface area contributed by atoms with Gasteiger partial charge in [-0.25, -0.2) is 0 Å². The average molecular weight is 257 g/mol. The molecule has 0 heterocycles. The molecule has 1 aliphatic rings. The smallest absolute Gasteiger partial charge is 0.0147 e. The van der Waals surface area contributed by atoms with Gasteiger partial charge in [0, 0.05) is 22.6 Å². The molecule has 0 bridgehead atoms. The fourth-order valence-electron chi connectivity index (χ4n) is 2.42. The van der Waals surface area contributed by atoms with Crippen molar-refractivity contribution in [2.45, 2.75) is 82.8 Å². The van der Waals surface area contributed by atoms with E-state index in [9.17, 15) is 0 Å². The molecular formula is C15H31NS. The Labute approximate surface area is 113 Å². The third-order valence-corrected chi connectivity index (χ3v) is 5.51. The van der Waals surface area contributed by atoms with E-state index in [1.807, 2.05) is 0 Å². The molecule has 1 saturated carbocycles. The Bertz CT molecular complexity index is 215. The Balaban J connectivity index is 2.22. The maximum Gasteiger partial charge on any atom is 0.0147 e. The summed E-state index contributed by atoms with van der Waals surface area (Å²) in [7, 11) is 0. The van der Waals surface area contributed by atoms with Crippen LogP contribution >= 0.6 is 11.8 Å². The molecule has 0 amide bonds. The first-order chi connectivity index (χ1) is 7.93. The molecule has 0 aliphatic heterocycles. The zero-order valence-electron chi connectivity index (χ0n) is 12.4. The highest BCUT2D eigenvalue weighted by molar-refractivity contribution is 8.00. The first-order valence-corrected chi connectivity index (χ1v) is 8.27. The third-order valence-electron chi connectivity index (χ3n) is 4.06. The largest absolute Gasteiger partial charge is 0.311 e. The lowest BCUT2D eigenvalue weighted by molar-refractivity contribution is 0.376. The molecule has 0 aromatic rings. The molecule has 17 heavy (non-hydrogen) atoms. The predicted molar refractivity (Wildman–Crippen MR) is 80.8 cm³/mol. The Hall–Kier alpha value is 0.310. The first kappa shape index (κ1) is 15.4. The predicted octanol–water partition coefficient (Wildman–Crippen LogP) is 4.47. The molecule has 1 fully saturated rings. The van der Waals surface area contributed by atoms with E-state index in [1.165, 1.54) is 32.1 Å². The van der Waals surface area contributed by atoms with Crippen LogP contribution in [0, 0.1) is 5.92 Å². The SMILES string of the molecule is CCC(C)(C)NCC(C)SC1CCCC(C)C1. The van der Waals surface area contributed by atoms with Crippen LogP contribution in [0.2, 0.25) is 0 Å². The molecule has 3 atom stereocenters. The highest BCUT2D eigenvalue weighted by Crippen LogP contribution is 2.33. The Morgan fingerprint density at radius 3 is 2.65 bits per heavy atom. The Morgan fingerprint density at radius 1 is 1.35 bits per heavy atom. The second-order valence-electron chi connectivity index (χ2n) is 6.46. The summed E-state index contributed by atoms with van der Waals surface area (Å²) < 4.78 is 0. The van der Waals surface area contributed by atoms with Gasteiger partial charge in [0.1, 0.15) is 0 Å². The van der Waals surface area contributed by atoms with E-state index >= 15 is 0 Å². The van der Waals surface area contributed by atoms with Crippen LogP contribution in [0.25, 0.3) is 0 Å². The minimum atomic E-state index is 0.300. The first-order valence-electron chi connectivity index (χ1n) is 7.33. The normalized spacial score (nSPS) is 28.1. The molecule has 0 aromatic carbocycles. The van der Waals surface area contributed by atoms with Gasteiger partial charge < -0.3 is 5.32 Å². The number of thioether (sulfide) groups is 1. The fraction of sp³-hybridized carbons (Fsp3) is 1.00. The van der Waals surface area contributed by atoms with Gasteiger partial charge in [0.15, 0.2) is 0 Å². The van der Waals surface area contributed by atoms with Gasteiger partial charge in [-0.15, -0.1) is 0 Å². The standard InChI is InChI=1S/C15H31NS/c1-6-15(4,5)16-11-13(3)17-14-9-7-8-12(2)10-14/h12-14,16H,6-11H2,1-5H3. The third kappa shape index (κ3) is 6.15. The van der Waals surface area contributed by atoms with Crippen LogP contribution in [-0.2, 0) is 0 Å². The van der Waals surface area contributed by atoms with Crippen molar-refractivity contribution in [3.05, 3.63) is 0 Å². The minimum absolute atomic E-state index is 0.300. The summed E-state index contributed by atoms with van der Waals surface area (Å²) >= 11 is 2.21. The molecule has 0 radical (unpaired) electrons. The van der Waals surface area contributed by atoms with Gasteiger partial charge in [0.25, 0.3) is 0 Å². The van der Waals surface area contributed by atoms with Gasteiger partial charge >= 0.3 is 0 Å². The Morgan fingerprint density at radius 2 is 2.06 bits per heavy atom. The average Bonchev–Trinajstić information content (AvgIpc) is 2.27. The van der Waals surface area contributed by atoms with Crippen molar-refractivity contribution >= 4 is 11.8 Å². The monoisotopic (exact) mass is 257 g/mol. The summed E-state index contributed by atoms with van der Waals surface area (Å²) in [6.07, 6.45) is 6.97. The van der Waals surface area contributed by atoms with Gasteiger partial charge in [-0.05, 0) is 39.0 Å². The van der Waals surface area contributed by atoms with Crippen molar-refractivity contribution in [2.75, 3.05) is 6.54 Å². The van der Waals surface area contributed by atoms with Gasteiger partial charge in [0.05, 0.1) is 0 Å². The number of rotatable bonds is 6. The molecule has 3 unspecified atom stereocenters. The molecule has 1 nitrogen and oxygen atoms in total. The van der Waals surface area contributed by atoms with Crippen molar-refractivity contribution < 1.29 is 0 Å². The molecule has 102 valence electrons. The second-order valence-corrected chi connectivity index (χ2v) is 8.20. The van der Waals surface area contributed by atoms with E-state index in [4.69, 9.17) is 0 Å². The van der Waals surface area contributed by atoms with Gasteiger partial charge in [0.2, 0.25) is 0 Å². The molecule has 2 heteroatoms. The highest BCUT2D eigenvalue weighted by Gasteiger charge is 2.22. The lowest BCUT2D eigenvalue weighted by Crippen LogP contribution is -2.42. The summed E-state index contributed by atoms with van der Waals surface area (Å²) in [5.41, 5.74) is 0.300. The topological polar surface area (TPSA) is 12.0 Å². The van der Waals surface area contributed by atoms with E-state index < -0.39 is 0 Å². The van der Waals surface area contributed by atoms with Crippen molar-refractivity contribution in [3.8, 4) is 0 Å². The minimum Gasteiger partial charge on any atom is -0.311 e. The molecule has 0 spiro atoms. The zero-order valence-corrected chi connectivity index (χ0v) is 13.2. The summed E-state index contributed by atoms with van der Waals surface area (Å²) in [6.45, 7) is 12.8. The number of hydrogen-bond donors (Lipinski definition) is 1. The number of nitrogens with one attached hydrogen (secondary N) is 1. The van der Waals surface area contributed by atoms with Crippen LogP contribution < -0.4 is 5.32 Å². The maximum absolute atomic E-state index is 3.69. The van der Waals surface area contributed by atoms with E-state index in [0.717, 1.165) is 23.0 Å². The zero-order chi connectivity index (χ0) is 12.9. The second kappa shape index (κ2) is 7.04. The molecule has 0 saturated heterocycles. The highest BCUT2D eigenvalue weighted by atomic mass is 32.2. The van der Waals surface area contributed by atoms with Crippen LogP contribution in [0.4, 0.5) is 0 Å². The molecular weight excluding hydrogens is 226 g/mol. The van der Waals surface area contributed by atoms with Crippen molar-refractivity contribution in [1.29, 1.82) is 0 Å².